The Morgan fingerprint density at radius 2 is 1.87 bits per heavy atom. The van der Waals surface area contributed by atoms with Crippen molar-refractivity contribution < 1.29 is 9.47 Å². The lowest BCUT2D eigenvalue weighted by Crippen LogP contribution is -2.36. The number of methoxy groups -OCH3 is 1. The van der Waals surface area contributed by atoms with Gasteiger partial charge < -0.3 is 24.3 Å². The standard InChI is InChI=1S/C23H28N4O2.CH4/c1-26-21-9-7-18(28-2)15-20(21)19-8-10-22(25-23(19)26)24-16-3-5-17(6-4-16)27-11-13-29-14-12-27;/h3-6,8,10,18H,7,9,11-15H2,1-2H3,(H,24,25);1H4. The average molecular weight is 409 g/mol. The van der Waals surface area contributed by atoms with Gasteiger partial charge >= 0.3 is 0 Å². The quantitative estimate of drug-likeness (QED) is 0.698. The summed E-state index contributed by atoms with van der Waals surface area (Å²) < 4.78 is 13.3. The Morgan fingerprint density at radius 3 is 2.60 bits per heavy atom. The number of hydrogen-bond donors (Lipinski definition) is 1. The second-order valence-electron chi connectivity index (χ2n) is 7.92. The largest absolute Gasteiger partial charge is 0.381 e. The summed E-state index contributed by atoms with van der Waals surface area (Å²) in [6.45, 7) is 3.51. The number of aryl methyl sites for hydroxylation is 1. The summed E-state index contributed by atoms with van der Waals surface area (Å²) in [7, 11) is 3.94. The first kappa shape index (κ1) is 20.7. The minimum atomic E-state index is 0. The fourth-order valence-corrected chi connectivity index (χ4v) is 4.59. The number of fused-ring (bicyclic) bond motifs is 3. The minimum Gasteiger partial charge on any atom is -0.381 e. The van der Waals surface area contributed by atoms with Gasteiger partial charge in [-0.05, 0) is 54.8 Å². The monoisotopic (exact) mass is 408 g/mol. The van der Waals surface area contributed by atoms with Gasteiger partial charge in [-0.3, -0.25) is 0 Å². The van der Waals surface area contributed by atoms with Crippen LogP contribution in [-0.4, -0.2) is 49.1 Å². The fourth-order valence-electron chi connectivity index (χ4n) is 4.59. The fraction of sp³-hybridized carbons (Fsp3) is 0.458. The Bertz CT molecular complexity index is 1010. The predicted octanol–water partition coefficient (Wildman–Crippen LogP) is 4.29. The molecular weight excluding hydrogens is 376 g/mol. The van der Waals surface area contributed by atoms with Crippen molar-refractivity contribution in [2.24, 2.45) is 7.05 Å². The Morgan fingerprint density at radius 1 is 1.10 bits per heavy atom. The molecule has 0 spiro atoms. The maximum absolute atomic E-state index is 5.61. The van der Waals surface area contributed by atoms with Crippen LogP contribution in [0.15, 0.2) is 36.4 Å². The molecule has 1 aromatic carbocycles. The van der Waals surface area contributed by atoms with E-state index in [9.17, 15) is 0 Å². The lowest BCUT2D eigenvalue weighted by atomic mass is 9.93. The topological polar surface area (TPSA) is 51.6 Å². The van der Waals surface area contributed by atoms with Crippen LogP contribution in [0.4, 0.5) is 17.2 Å². The van der Waals surface area contributed by atoms with Crippen LogP contribution >= 0.6 is 0 Å². The van der Waals surface area contributed by atoms with E-state index in [1.165, 1.54) is 22.3 Å². The maximum atomic E-state index is 5.61. The number of anilines is 3. The molecule has 1 unspecified atom stereocenters. The highest BCUT2D eigenvalue weighted by Gasteiger charge is 2.25. The van der Waals surface area contributed by atoms with Crippen molar-refractivity contribution in [3.63, 3.8) is 0 Å². The molecule has 0 saturated carbocycles. The van der Waals surface area contributed by atoms with Gasteiger partial charge in [0.1, 0.15) is 11.5 Å². The average Bonchev–Trinajstić information content (AvgIpc) is 3.06. The zero-order valence-corrected chi connectivity index (χ0v) is 17.1. The number of rotatable bonds is 4. The van der Waals surface area contributed by atoms with E-state index in [1.807, 2.05) is 7.11 Å². The molecular formula is C24H32N4O2. The summed E-state index contributed by atoms with van der Waals surface area (Å²) in [5.41, 5.74) is 6.13. The van der Waals surface area contributed by atoms with Crippen molar-refractivity contribution >= 4 is 28.2 Å². The summed E-state index contributed by atoms with van der Waals surface area (Å²) in [6, 6.07) is 12.8. The van der Waals surface area contributed by atoms with Crippen LogP contribution in [0.5, 0.6) is 0 Å². The number of nitrogens with zero attached hydrogens (tertiary/aromatic N) is 3. The first-order chi connectivity index (χ1) is 14.2. The van der Waals surface area contributed by atoms with Crippen molar-refractivity contribution in [2.75, 3.05) is 43.6 Å². The van der Waals surface area contributed by atoms with E-state index in [1.54, 1.807) is 0 Å². The van der Waals surface area contributed by atoms with E-state index in [0.29, 0.717) is 6.10 Å². The molecule has 0 amide bonds. The third-order valence-corrected chi connectivity index (χ3v) is 6.26. The Labute approximate surface area is 178 Å². The molecule has 1 N–H and O–H groups in total. The summed E-state index contributed by atoms with van der Waals surface area (Å²) in [5, 5.41) is 4.71. The van der Waals surface area contributed by atoms with Crippen molar-refractivity contribution in [1.29, 1.82) is 0 Å². The van der Waals surface area contributed by atoms with Crippen LogP contribution in [0.2, 0.25) is 0 Å². The number of morpholine rings is 1. The van der Waals surface area contributed by atoms with Gasteiger partial charge in [-0.1, -0.05) is 7.43 Å². The van der Waals surface area contributed by atoms with Gasteiger partial charge in [0.05, 0.1) is 19.3 Å². The molecule has 1 aliphatic carbocycles. The van der Waals surface area contributed by atoms with Crippen LogP contribution in [0.1, 0.15) is 25.1 Å². The molecule has 6 nitrogen and oxygen atoms in total. The molecule has 1 atom stereocenters. The number of pyridine rings is 1. The Kier molecular flexibility index (Phi) is 5.97. The van der Waals surface area contributed by atoms with Gasteiger partial charge in [0, 0.05) is 56.1 Å². The maximum Gasteiger partial charge on any atom is 0.142 e. The molecule has 3 heterocycles. The summed E-state index contributed by atoms with van der Waals surface area (Å²) in [5.74, 6) is 0.873. The number of benzene rings is 1. The molecule has 0 radical (unpaired) electrons. The Balaban J connectivity index is 0.00000218. The number of ether oxygens (including phenoxy) is 2. The van der Waals surface area contributed by atoms with Crippen molar-refractivity contribution in [2.45, 2.75) is 32.8 Å². The highest BCUT2D eigenvalue weighted by Crippen LogP contribution is 2.32. The van der Waals surface area contributed by atoms with E-state index in [-0.39, 0.29) is 7.43 Å². The van der Waals surface area contributed by atoms with Gasteiger partial charge in [-0.15, -0.1) is 0 Å². The van der Waals surface area contributed by atoms with Gasteiger partial charge in [-0.25, -0.2) is 4.98 Å². The third kappa shape index (κ3) is 3.77. The van der Waals surface area contributed by atoms with Gasteiger partial charge in [0.25, 0.3) is 0 Å². The molecule has 1 aliphatic heterocycles. The smallest absolute Gasteiger partial charge is 0.142 e. The van der Waals surface area contributed by atoms with Crippen molar-refractivity contribution in [1.82, 2.24) is 9.55 Å². The van der Waals surface area contributed by atoms with Crippen LogP contribution in [0, 0.1) is 0 Å². The Hall–Kier alpha value is -2.57. The second kappa shape index (κ2) is 8.66. The number of nitrogens with one attached hydrogen (secondary N) is 1. The zero-order chi connectivity index (χ0) is 19.8. The van der Waals surface area contributed by atoms with Crippen LogP contribution < -0.4 is 10.2 Å². The zero-order valence-electron chi connectivity index (χ0n) is 17.1. The molecule has 5 rings (SSSR count). The summed E-state index contributed by atoms with van der Waals surface area (Å²) in [6.07, 6.45) is 3.41. The first-order valence-electron chi connectivity index (χ1n) is 10.4. The second-order valence-corrected chi connectivity index (χ2v) is 7.92. The van der Waals surface area contributed by atoms with Crippen molar-refractivity contribution in [3.8, 4) is 0 Å². The van der Waals surface area contributed by atoms with Gasteiger partial charge in [-0.2, -0.15) is 0 Å². The van der Waals surface area contributed by atoms with E-state index in [2.05, 4.69) is 58.2 Å². The van der Waals surface area contributed by atoms with Crippen LogP contribution in [-0.2, 0) is 29.4 Å². The molecule has 2 aliphatic rings. The summed E-state index contributed by atoms with van der Waals surface area (Å²) >= 11 is 0. The van der Waals surface area contributed by atoms with E-state index in [4.69, 9.17) is 14.5 Å². The van der Waals surface area contributed by atoms with E-state index < -0.39 is 0 Å². The van der Waals surface area contributed by atoms with Gasteiger partial charge in [0.2, 0.25) is 0 Å². The molecule has 6 heteroatoms. The minimum absolute atomic E-state index is 0. The molecule has 3 aromatic rings. The number of aromatic nitrogens is 2. The van der Waals surface area contributed by atoms with Crippen LogP contribution in [0.3, 0.4) is 0 Å². The highest BCUT2D eigenvalue weighted by molar-refractivity contribution is 5.84. The molecule has 1 saturated heterocycles. The van der Waals surface area contributed by atoms with E-state index in [0.717, 1.165) is 62.7 Å². The highest BCUT2D eigenvalue weighted by atomic mass is 16.5. The third-order valence-electron chi connectivity index (χ3n) is 6.26. The van der Waals surface area contributed by atoms with E-state index >= 15 is 0 Å². The molecule has 2 aromatic heterocycles. The predicted molar refractivity (Wildman–Crippen MR) is 123 cm³/mol. The first-order valence-corrected chi connectivity index (χ1v) is 10.4. The van der Waals surface area contributed by atoms with Crippen LogP contribution in [0.25, 0.3) is 11.0 Å². The normalized spacial score (nSPS) is 18.7. The summed E-state index contributed by atoms with van der Waals surface area (Å²) in [4.78, 5) is 7.28. The number of hydrogen-bond acceptors (Lipinski definition) is 5. The van der Waals surface area contributed by atoms with Gasteiger partial charge in [0.15, 0.2) is 0 Å². The SMILES string of the molecule is C.COC1CCc2c(c3ccc(Nc4ccc(N5CCOCC5)cc4)nc3n2C)C1. The lowest BCUT2D eigenvalue weighted by molar-refractivity contribution is 0.0908. The molecule has 30 heavy (non-hydrogen) atoms. The molecule has 160 valence electrons. The van der Waals surface area contributed by atoms with Crippen molar-refractivity contribution in [3.05, 3.63) is 47.7 Å². The lowest BCUT2D eigenvalue weighted by Gasteiger charge is -2.28. The molecule has 0 bridgehead atoms. The molecule has 1 fully saturated rings.